The second-order valence-corrected chi connectivity index (χ2v) is 5.41. The van der Waals surface area contributed by atoms with Crippen LogP contribution in [0.15, 0.2) is 12.1 Å². The zero-order valence-electron chi connectivity index (χ0n) is 11.5. The number of hydrogen-bond acceptors (Lipinski definition) is 4. The van der Waals surface area contributed by atoms with Gasteiger partial charge in [0.1, 0.15) is 0 Å². The van der Waals surface area contributed by atoms with Crippen LogP contribution >= 0.6 is 0 Å². The molecule has 20 heavy (non-hydrogen) atoms. The van der Waals surface area contributed by atoms with Gasteiger partial charge >= 0.3 is 0 Å². The van der Waals surface area contributed by atoms with E-state index in [1.54, 1.807) is 7.11 Å². The van der Waals surface area contributed by atoms with E-state index >= 15 is 0 Å². The molecule has 4 nitrogen and oxygen atoms in total. The quantitative estimate of drug-likeness (QED) is 0.827. The molecule has 0 fully saturated rings. The van der Waals surface area contributed by atoms with Crippen LogP contribution < -0.4 is 9.47 Å². The van der Waals surface area contributed by atoms with Gasteiger partial charge < -0.3 is 9.47 Å². The van der Waals surface area contributed by atoms with E-state index in [1.807, 2.05) is 12.1 Å². The molecule has 0 aromatic heterocycles. The van der Waals surface area contributed by atoms with E-state index in [2.05, 4.69) is 12.1 Å². The van der Waals surface area contributed by atoms with Crippen LogP contribution in [-0.2, 0) is 11.8 Å². The molecule has 1 aromatic rings. The van der Waals surface area contributed by atoms with Gasteiger partial charge in [-0.15, -0.1) is 0 Å². The highest BCUT2D eigenvalue weighted by molar-refractivity contribution is 5.59. The average Bonchev–Trinajstić information content (AvgIpc) is 2.50. The minimum absolute atomic E-state index is 0.0831. The molecule has 1 heterocycles. The molecular weight excluding hydrogens is 252 g/mol. The molecule has 0 bridgehead atoms. The molecule has 1 aliphatic carbocycles. The Morgan fingerprint density at radius 2 is 2.30 bits per heavy atom. The number of methoxy groups -OCH3 is 1. The first-order valence-electron chi connectivity index (χ1n) is 6.88. The van der Waals surface area contributed by atoms with Crippen LogP contribution in [-0.4, -0.2) is 13.7 Å². The van der Waals surface area contributed by atoms with E-state index in [0.717, 1.165) is 24.0 Å². The maximum Gasteiger partial charge on any atom is 0.166 e. The molecule has 102 valence electrons. The lowest BCUT2D eigenvalue weighted by Gasteiger charge is -2.43. The SMILES string of the molecule is COc1ccc2c3c1OCC[C@@]3(C#N)[C@@H](CC#N)CC2. The minimum atomic E-state index is -0.592. The monoisotopic (exact) mass is 268 g/mol. The van der Waals surface area contributed by atoms with Crippen LogP contribution in [0.3, 0.4) is 0 Å². The molecule has 1 aliphatic heterocycles. The number of aryl methyl sites for hydroxylation is 1. The molecular formula is C16H16N2O2. The van der Waals surface area contributed by atoms with Gasteiger partial charge in [-0.3, -0.25) is 0 Å². The van der Waals surface area contributed by atoms with Crippen molar-refractivity contribution in [2.24, 2.45) is 5.92 Å². The fourth-order valence-electron chi connectivity index (χ4n) is 3.62. The zero-order chi connectivity index (χ0) is 14.2. The van der Waals surface area contributed by atoms with Crippen molar-refractivity contribution >= 4 is 0 Å². The Balaban J connectivity index is 2.24. The highest BCUT2D eigenvalue weighted by atomic mass is 16.5. The molecule has 0 amide bonds. The molecule has 0 saturated heterocycles. The maximum atomic E-state index is 9.85. The van der Waals surface area contributed by atoms with E-state index in [9.17, 15) is 5.26 Å². The number of nitriles is 2. The summed E-state index contributed by atoms with van der Waals surface area (Å²) >= 11 is 0. The second kappa shape index (κ2) is 4.72. The predicted molar refractivity (Wildman–Crippen MR) is 72.4 cm³/mol. The Hall–Kier alpha value is -2.20. The second-order valence-electron chi connectivity index (χ2n) is 5.41. The highest BCUT2D eigenvalue weighted by Crippen LogP contribution is 2.53. The van der Waals surface area contributed by atoms with Crippen LogP contribution in [0.5, 0.6) is 11.5 Å². The Labute approximate surface area is 118 Å². The zero-order valence-corrected chi connectivity index (χ0v) is 11.5. The summed E-state index contributed by atoms with van der Waals surface area (Å²) in [5, 5.41) is 18.9. The van der Waals surface area contributed by atoms with Crippen LogP contribution in [0.4, 0.5) is 0 Å². The van der Waals surface area contributed by atoms with Gasteiger partial charge in [0.25, 0.3) is 0 Å². The Morgan fingerprint density at radius 3 is 3.00 bits per heavy atom. The van der Waals surface area contributed by atoms with Crippen LogP contribution in [0.25, 0.3) is 0 Å². The van der Waals surface area contributed by atoms with Crippen LogP contribution in [0.2, 0.25) is 0 Å². The summed E-state index contributed by atoms with van der Waals surface area (Å²) in [6.07, 6.45) is 2.86. The minimum Gasteiger partial charge on any atom is -0.493 e. The van der Waals surface area contributed by atoms with Crippen LogP contribution in [0, 0.1) is 28.6 Å². The third-order valence-corrected chi connectivity index (χ3v) is 4.61. The number of nitrogens with zero attached hydrogens (tertiary/aromatic N) is 2. The largest absolute Gasteiger partial charge is 0.493 e. The van der Waals surface area contributed by atoms with E-state index in [0.29, 0.717) is 30.9 Å². The third kappa shape index (κ3) is 1.58. The summed E-state index contributed by atoms with van der Waals surface area (Å²) in [5.41, 5.74) is 1.54. The molecule has 1 aromatic carbocycles. The predicted octanol–water partition coefficient (Wildman–Crippen LogP) is 2.72. The highest BCUT2D eigenvalue weighted by Gasteiger charge is 2.49. The van der Waals surface area contributed by atoms with Crippen molar-refractivity contribution < 1.29 is 9.47 Å². The van der Waals surface area contributed by atoms with Crippen LogP contribution in [0.1, 0.15) is 30.4 Å². The molecule has 0 spiro atoms. The summed E-state index contributed by atoms with van der Waals surface area (Å²) in [7, 11) is 1.61. The van der Waals surface area contributed by atoms with Crippen molar-refractivity contribution in [2.45, 2.75) is 31.1 Å². The van der Waals surface area contributed by atoms with Gasteiger partial charge in [0.2, 0.25) is 0 Å². The number of benzene rings is 1. The van der Waals surface area contributed by atoms with Gasteiger partial charge in [0.05, 0.1) is 31.3 Å². The fraction of sp³-hybridized carbons (Fsp3) is 0.500. The van der Waals surface area contributed by atoms with E-state index in [4.69, 9.17) is 14.7 Å². The Morgan fingerprint density at radius 1 is 1.45 bits per heavy atom. The van der Waals surface area contributed by atoms with Crippen molar-refractivity contribution in [3.8, 4) is 23.6 Å². The number of hydrogen-bond donors (Lipinski definition) is 0. The maximum absolute atomic E-state index is 9.85. The topological polar surface area (TPSA) is 66.0 Å². The lowest BCUT2D eigenvalue weighted by atomic mass is 9.60. The molecule has 3 rings (SSSR count). The van der Waals surface area contributed by atoms with Crippen molar-refractivity contribution in [2.75, 3.05) is 13.7 Å². The van der Waals surface area contributed by atoms with Gasteiger partial charge in [-0.2, -0.15) is 10.5 Å². The standard InChI is InChI=1S/C16H16N2O2/c1-19-13-5-3-11-2-4-12(6-8-17)16(10-18)7-9-20-15(13)14(11)16/h3,5,12H,2,4,6-7,9H2,1H3/t12-,16-/m1/s1. The van der Waals surface area contributed by atoms with E-state index in [-0.39, 0.29) is 5.92 Å². The first kappa shape index (κ1) is 12.8. The van der Waals surface area contributed by atoms with Gasteiger partial charge in [0.15, 0.2) is 11.5 Å². The lowest BCUT2D eigenvalue weighted by molar-refractivity contribution is 0.176. The van der Waals surface area contributed by atoms with Crippen molar-refractivity contribution in [3.63, 3.8) is 0 Å². The Bertz CT molecular complexity index is 627. The smallest absolute Gasteiger partial charge is 0.166 e. The summed E-state index contributed by atoms with van der Waals surface area (Å²) < 4.78 is 11.2. The molecule has 0 saturated carbocycles. The number of ether oxygens (including phenoxy) is 2. The van der Waals surface area contributed by atoms with Gasteiger partial charge in [0, 0.05) is 18.4 Å². The average molecular weight is 268 g/mol. The van der Waals surface area contributed by atoms with Crippen molar-refractivity contribution in [3.05, 3.63) is 23.3 Å². The first-order valence-corrected chi connectivity index (χ1v) is 6.88. The molecule has 0 N–H and O–H groups in total. The molecule has 2 atom stereocenters. The summed E-state index contributed by atoms with van der Waals surface area (Å²) in [4.78, 5) is 0. The number of rotatable bonds is 2. The summed E-state index contributed by atoms with van der Waals surface area (Å²) in [5.74, 6) is 1.47. The van der Waals surface area contributed by atoms with Crippen molar-refractivity contribution in [1.29, 1.82) is 10.5 Å². The van der Waals surface area contributed by atoms with Gasteiger partial charge in [-0.25, -0.2) is 0 Å². The first-order chi connectivity index (χ1) is 9.76. The summed E-state index contributed by atoms with van der Waals surface area (Å²) in [6.45, 7) is 0.502. The molecule has 0 unspecified atom stereocenters. The summed E-state index contributed by atoms with van der Waals surface area (Å²) in [6, 6.07) is 8.69. The van der Waals surface area contributed by atoms with E-state index in [1.165, 1.54) is 0 Å². The molecule has 2 aliphatic rings. The van der Waals surface area contributed by atoms with Crippen molar-refractivity contribution in [1.82, 2.24) is 0 Å². The third-order valence-electron chi connectivity index (χ3n) is 4.61. The molecule has 4 heteroatoms. The van der Waals surface area contributed by atoms with Gasteiger partial charge in [-0.05, 0) is 30.4 Å². The van der Waals surface area contributed by atoms with Gasteiger partial charge in [-0.1, -0.05) is 6.07 Å². The Kier molecular flexibility index (Phi) is 3.03. The lowest BCUT2D eigenvalue weighted by Crippen LogP contribution is -2.42. The molecule has 0 radical (unpaired) electrons. The normalized spacial score (nSPS) is 26.6. The fourth-order valence-corrected chi connectivity index (χ4v) is 3.62. The van der Waals surface area contributed by atoms with E-state index < -0.39 is 5.41 Å².